The van der Waals surface area contributed by atoms with Gasteiger partial charge >= 0.3 is 6.03 Å². The second-order valence-electron chi connectivity index (χ2n) is 17.6. The van der Waals surface area contributed by atoms with E-state index in [-0.39, 0.29) is 49.6 Å². The first-order valence-electron chi connectivity index (χ1n) is 23.2. The number of benzene rings is 1. The fourth-order valence-electron chi connectivity index (χ4n) is 8.88. The predicted octanol–water partition coefficient (Wildman–Crippen LogP) is -5.65. The van der Waals surface area contributed by atoms with E-state index in [9.17, 15) is 65.1 Å². The maximum atomic E-state index is 12.9. The molecule has 5 amide bonds. The number of thioether (sulfide) groups is 1. The van der Waals surface area contributed by atoms with Crippen molar-refractivity contribution in [2.45, 2.75) is 155 Å². The minimum atomic E-state index is -1.95. The van der Waals surface area contributed by atoms with Crippen LogP contribution in [0, 0.1) is 0 Å². The van der Waals surface area contributed by atoms with E-state index in [1.807, 2.05) is 17.8 Å². The number of urea groups is 1. The Morgan fingerprint density at radius 2 is 1.43 bits per heavy atom. The fourth-order valence-corrected chi connectivity index (χ4v) is 10.4. The third-order valence-corrected chi connectivity index (χ3v) is 14.1. The highest BCUT2D eigenvalue weighted by molar-refractivity contribution is 8.00. The molecular formula is C43H68N6O19S. The van der Waals surface area contributed by atoms with E-state index in [0.29, 0.717) is 36.7 Å². The molecule has 25 nitrogen and oxygen atoms in total. The molecular weight excluding hydrogens is 937 g/mol. The van der Waals surface area contributed by atoms with Crippen LogP contribution in [0.1, 0.15) is 54.9 Å². The van der Waals surface area contributed by atoms with Gasteiger partial charge in [-0.1, -0.05) is 18.6 Å². The van der Waals surface area contributed by atoms with Crippen LogP contribution in [-0.2, 0) is 44.6 Å². The van der Waals surface area contributed by atoms with Crippen LogP contribution < -0.4 is 31.9 Å². The van der Waals surface area contributed by atoms with Crippen molar-refractivity contribution in [3.63, 3.8) is 0 Å². The van der Waals surface area contributed by atoms with E-state index in [2.05, 4.69) is 31.9 Å². The van der Waals surface area contributed by atoms with Gasteiger partial charge in [0.1, 0.15) is 73.2 Å². The summed E-state index contributed by atoms with van der Waals surface area (Å²) in [6.07, 6.45) is -20.0. The number of aliphatic hydroxyl groups is 9. The predicted molar refractivity (Wildman–Crippen MR) is 239 cm³/mol. The molecule has 0 radical (unpaired) electrons. The van der Waals surface area contributed by atoms with Crippen molar-refractivity contribution in [2.24, 2.45) is 0 Å². The Morgan fingerprint density at radius 1 is 0.754 bits per heavy atom. The largest absolute Gasteiger partial charge is 0.394 e. The molecule has 18 atom stereocenters. The molecule has 5 aliphatic rings. The Kier molecular flexibility index (Phi) is 21.0. The number of hydrogen-bond donors (Lipinski definition) is 15. The number of hydrogen-bond acceptors (Lipinski definition) is 21. The van der Waals surface area contributed by atoms with Crippen LogP contribution in [-0.4, -0.2) is 231 Å². The van der Waals surface area contributed by atoms with Crippen LogP contribution in [0.3, 0.4) is 0 Å². The average Bonchev–Trinajstić information content (AvgIpc) is 3.90. The van der Waals surface area contributed by atoms with Crippen LogP contribution in [0.5, 0.6) is 0 Å². The van der Waals surface area contributed by atoms with Gasteiger partial charge in [0, 0.05) is 49.5 Å². The van der Waals surface area contributed by atoms with Gasteiger partial charge in [0.05, 0.1) is 38.5 Å². The molecule has 0 spiro atoms. The van der Waals surface area contributed by atoms with Crippen molar-refractivity contribution in [3.8, 4) is 0 Å². The summed E-state index contributed by atoms with van der Waals surface area (Å²) in [5.41, 5.74) is 1.27. The van der Waals surface area contributed by atoms with E-state index in [0.717, 1.165) is 30.6 Å². The van der Waals surface area contributed by atoms with Gasteiger partial charge in [-0.25, -0.2) is 4.79 Å². The molecule has 5 fully saturated rings. The second kappa shape index (κ2) is 26.3. The molecule has 5 heterocycles. The number of amides is 5. The number of carbonyl (C=O) groups excluding carboxylic acids is 4. The van der Waals surface area contributed by atoms with Crippen molar-refractivity contribution in [3.05, 3.63) is 35.4 Å². The van der Waals surface area contributed by atoms with Crippen molar-refractivity contribution in [1.82, 2.24) is 31.9 Å². The number of unbranched alkanes of at least 4 members (excludes halogenated alkanes) is 1. The molecule has 15 N–H and O–H groups in total. The summed E-state index contributed by atoms with van der Waals surface area (Å²) >= 11 is 1.84. The molecule has 0 aliphatic carbocycles. The van der Waals surface area contributed by atoms with E-state index in [1.165, 1.54) is 6.92 Å². The summed E-state index contributed by atoms with van der Waals surface area (Å²) in [4.78, 5) is 49.1. The Balaban J connectivity index is 0.909. The lowest BCUT2D eigenvalue weighted by molar-refractivity contribution is -0.376. The molecule has 1 aromatic rings. The summed E-state index contributed by atoms with van der Waals surface area (Å²) in [6, 6.07) is 5.96. The Morgan fingerprint density at radius 3 is 2.16 bits per heavy atom. The van der Waals surface area contributed by atoms with Gasteiger partial charge in [-0.2, -0.15) is 11.8 Å². The number of ether oxygens (including phenoxy) is 6. The van der Waals surface area contributed by atoms with Gasteiger partial charge in [0.15, 0.2) is 18.9 Å². The molecule has 26 heteroatoms. The zero-order valence-electron chi connectivity index (χ0n) is 38.1. The quantitative estimate of drug-likeness (QED) is 0.0339. The third kappa shape index (κ3) is 14.4. The van der Waals surface area contributed by atoms with Crippen LogP contribution in [0.2, 0.25) is 0 Å². The first-order chi connectivity index (χ1) is 33.1. The van der Waals surface area contributed by atoms with Crippen molar-refractivity contribution in [2.75, 3.05) is 51.8 Å². The zero-order valence-corrected chi connectivity index (χ0v) is 38.9. The van der Waals surface area contributed by atoms with E-state index in [1.54, 1.807) is 18.2 Å². The highest BCUT2D eigenvalue weighted by Gasteiger charge is 2.54. The SMILES string of the molecule is CC(=O)NC1C(O)[C@H](O[C@@H]2OC(CO)[C@H](O)C(O[C@H]3OC(CO)[C@H](O)C(O)C3O)C2O)C(CO)O[C@H]1OCCCNCc1cccc(C(=O)NCCNC(=O)CCCC[C@@H]2SC[C@@H]3NC(=O)N[C@@H]32)c1. The Labute approximate surface area is 402 Å². The lowest BCUT2D eigenvalue weighted by atomic mass is 9.95. The van der Waals surface area contributed by atoms with Gasteiger partial charge in [0.2, 0.25) is 11.8 Å². The van der Waals surface area contributed by atoms with Gasteiger partial charge in [-0.05, 0) is 43.5 Å². The molecule has 6 rings (SSSR count). The van der Waals surface area contributed by atoms with E-state index < -0.39 is 118 Å². The van der Waals surface area contributed by atoms with E-state index in [4.69, 9.17) is 28.4 Å². The van der Waals surface area contributed by atoms with Crippen LogP contribution >= 0.6 is 11.8 Å². The van der Waals surface area contributed by atoms with Crippen molar-refractivity contribution < 1.29 is 93.6 Å². The minimum Gasteiger partial charge on any atom is -0.394 e. The number of rotatable bonds is 24. The molecule has 390 valence electrons. The molecule has 0 bridgehead atoms. The smallest absolute Gasteiger partial charge is 0.315 e. The first-order valence-corrected chi connectivity index (χ1v) is 24.3. The monoisotopic (exact) mass is 1000 g/mol. The Bertz CT molecular complexity index is 1830. The minimum absolute atomic E-state index is 0.0554. The van der Waals surface area contributed by atoms with Gasteiger partial charge in [-0.15, -0.1) is 0 Å². The zero-order chi connectivity index (χ0) is 49.8. The highest BCUT2D eigenvalue weighted by Crippen LogP contribution is 2.34. The summed E-state index contributed by atoms with van der Waals surface area (Å²) in [6.45, 7) is 0.233. The summed E-state index contributed by atoms with van der Waals surface area (Å²) in [5.74, 6) is -0.0667. The summed E-state index contributed by atoms with van der Waals surface area (Å²) < 4.78 is 34.3. The summed E-state index contributed by atoms with van der Waals surface area (Å²) in [5, 5.41) is 112. The average molecular weight is 1010 g/mol. The molecule has 0 saturated carbocycles. The molecule has 9 unspecified atom stereocenters. The molecule has 69 heavy (non-hydrogen) atoms. The third-order valence-electron chi connectivity index (χ3n) is 12.6. The molecule has 1 aromatic carbocycles. The molecule has 5 saturated heterocycles. The first kappa shape index (κ1) is 54.9. The molecule has 0 aromatic heterocycles. The van der Waals surface area contributed by atoms with Crippen LogP contribution in [0.15, 0.2) is 24.3 Å². The number of nitrogens with one attached hydrogen (secondary N) is 6. The normalized spacial score (nSPS) is 36.5. The maximum absolute atomic E-state index is 12.9. The lowest BCUT2D eigenvalue weighted by Crippen LogP contribution is -2.68. The fraction of sp³-hybridized carbons (Fsp3) is 0.767. The van der Waals surface area contributed by atoms with E-state index >= 15 is 0 Å². The van der Waals surface area contributed by atoms with Crippen LogP contribution in [0.4, 0.5) is 4.79 Å². The Hall–Kier alpha value is -3.39. The highest BCUT2D eigenvalue weighted by atomic mass is 32.2. The topological polar surface area (TPSA) is 378 Å². The summed E-state index contributed by atoms with van der Waals surface area (Å²) in [7, 11) is 0. The number of carbonyl (C=O) groups is 4. The maximum Gasteiger partial charge on any atom is 0.315 e. The number of aliphatic hydroxyl groups excluding tert-OH is 9. The number of fused-ring (bicyclic) bond motifs is 1. The van der Waals surface area contributed by atoms with Gasteiger partial charge < -0.3 is 106 Å². The van der Waals surface area contributed by atoms with Crippen molar-refractivity contribution >= 4 is 35.5 Å². The van der Waals surface area contributed by atoms with Gasteiger partial charge in [0.25, 0.3) is 5.91 Å². The lowest BCUT2D eigenvalue weighted by Gasteiger charge is -2.48. The van der Waals surface area contributed by atoms with Crippen LogP contribution in [0.25, 0.3) is 0 Å². The molecule has 5 aliphatic heterocycles. The van der Waals surface area contributed by atoms with Crippen molar-refractivity contribution in [1.29, 1.82) is 0 Å². The standard InChI is InChI=1S/C43H68N6O19S/c1-20(53)47-30-33(57)37(67-42-36(60)38(32(56)25(17-51)65-42)68-41-35(59)34(58)31(55)24(16-50)64-41)26(18-52)66-40(30)63-13-5-10-44-15-21-6-4-7-22(14-21)39(61)46-12-11-45-28(54)9-3-2-8-27-29-23(19-69-27)48-43(62)49-29/h4,6-7,14,23-27,29-38,40-42,44,50-52,55-60H,2-3,5,8-13,15-19H2,1H3,(H,45,54)(H,46,61)(H,47,53)(H2,48,49,62)/t23-,24?,25?,26?,27-,29-,30?,31-,32-,33?,34?,35?,36?,37+,38?,40+,41+,42-/m0/s1. The van der Waals surface area contributed by atoms with Gasteiger partial charge in [-0.3, -0.25) is 14.4 Å². The second-order valence-corrected chi connectivity index (χ2v) is 18.9.